The van der Waals surface area contributed by atoms with Gasteiger partial charge in [-0.2, -0.15) is 18.3 Å². The van der Waals surface area contributed by atoms with Crippen molar-refractivity contribution in [2.75, 3.05) is 4.72 Å². The lowest BCUT2D eigenvalue weighted by molar-refractivity contribution is -0.137. The highest BCUT2D eigenvalue weighted by Crippen LogP contribution is 2.34. The quantitative estimate of drug-likeness (QED) is 0.853. The number of H-pyrrole nitrogens is 1. The Morgan fingerprint density at radius 2 is 2.00 bits per heavy atom. The fourth-order valence-corrected chi connectivity index (χ4v) is 3.28. The maximum absolute atomic E-state index is 12.7. The van der Waals surface area contributed by atoms with Gasteiger partial charge in [0.1, 0.15) is 4.90 Å². The predicted octanol–water partition coefficient (Wildman–Crippen LogP) is 3.30. The average Bonchev–Trinajstić information content (AvgIpc) is 2.77. The van der Waals surface area contributed by atoms with Gasteiger partial charge in [0.15, 0.2) is 0 Å². The van der Waals surface area contributed by atoms with Gasteiger partial charge in [-0.05, 0) is 41.1 Å². The molecule has 5 nitrogen and oxygen atoms in total. The molecule has 114 valence electrons. The van der Waals surface area contributed by atoms with Crippen molar-refractivity contribution in [3.8, 4) is 0 Å². The number of halogens is 4. The van der Waals surface area contributed by atoms with Crippen LogP contribution in [0.2, 0.25) is 0 Å². The van der Waals surface area contributed by atoms with Gasteiger partial charge < -0.3 is 0 Å². The minimum atomic E-state index is -4.56. The van der Waals surface area contributed by atoms with Crippen molar-refractivity contribution >= 4 is 31.6 Å². The predicted molar refractivity (Wildman–Crippen MR) is 73.3 cm³/mol. The van der Waals surface area contributed by atoms with Crippen LogP contribution in [0.4, 0.5) is 18.9 Å². The molecule has 2 N–H and O–H groups in total. The third-order valence-corrected chi connectivity index (χ3v) is 4.78. The van der Waals surface area contributed by atoms with Crippen molar-refractivity contribution in [1.82, 2.24) is 10.2 Å². The molecule has 21 heavy (non-hydrogen) atoms. The van der Waals surface area contributed by atoms with E-state index >= 15 is 0 Å². The normalized spacial score (nSPS) is 12.4. The zero-order valence-corrected chi connectivity index (χ0v) is 12.9. The summed E-state index contributed by atoms with van der Waals surface area (Å²) in [6.07, 6.45) is -3.48. The molecule has 0 saturated carbocycles. The Morgan fingerprint density at radius 3 is 2.52 bits per heavy atom. The molecule has 0 aliphatic rings. The first-order chi connectivity index (χ1) is 9.61. The molecule has 1 aromatic carbocycles. The Bertz CT molecular complexity index is 771. The summed E-state index contributed by atoms with van der Waals surface area (Å²) in [7, 11) is -4.03. The van der Waals surface area contributed by atoms with Gasteiger partial charge in [0.05, 0.1) is 23.1 Å². The van der Waals surface area contributed by atoms with Crippen LogP contribution in [0, 0.1) is 6.92 Å². The molecule has 0 radical (unpaired) electrons. The monoisotopic (exact) mass is 383 g/mol. The van der Waals surface area contributed by atoms with Gasteiger partial charge in [0.25, 0.3) is 10.0 Å². The number of hydrogen-bond donors (Lipinski definition) is 2. The lowest BCUT2D eigenvalue weighted by Gasteiger charge is -2.12. The molecular weight excluding hydrogens is 375 g/mol. The second-order valence-electron chi connectivity index (χ2n) is 4.16. The molecule has 10 heteroatoms. The highest BCUT2D eigenvalue weighted by molar-refractivity contribution is 9.10. The number of hydrogen-bond acceptors (Lipinski definition) is 3. The van der Waals surface area contributed by atoms with Crippen LogP contribution in [-0.4, -0.2) is 18.6 Å². The van der Waals surface area contributed by atoms with E-state index in [9.17, 15) is 21.6 Å². The fraction of sp³-hybridized carbons (Fsp3) is 0.182. The van der Waals surface area contributed by atoms with E-state index < -0.39 is 21.8 Å². The number of aryl methyl sites for hydroxylation is 1. The average molecular weight is 384 g/mol. The summed E-state index contributed by atoms with van der Waals surface area (Å²) in [6, 6.07) is 2.70. The van der Waals surface area contributed by atoms with E-state index in [0.717, 1.165) is 24.4 Å². The summed E-state index contributed by atoms with van der Waals surface area (Å²) in [6.45, 7) is 1.49. The minimum absolute atomic E-state index is 0.133. The van der Waals surface area contributed by atoms with E-state index in [1.54, 1.807) is 0 Å². The number of anilines is 1. The lowest BCUT2D eigenvalue weighted by atomic mass is 10.2. The van der Waals surface area contributed by atoms with Crippen molar-refractivity contribution in [2.45, 2.75) is 18.0 Å². The SMILES string of the molecule is Cc1[nH]ncc1S(=O)(=O)Nc1cc(C(F)(F)F)ccc1Br. The zero-order valence-electron chi connectivity index (χ0n) is 10.5. The molecule has 2 aromatic rings. The summed E-state index contributed by atoms with van der Waals surface area (Å²) in [4.78, 5) is -0.133. The standard InChI is InChI=1S/C11H9BrF3N3O2S/c1-6-10(5-16-17-6)21(19,20)18-9-4-7(11(13,14)15)2-3-8(9)12/h2-5,18H,1H3,(H,16,17). The molecule has 0 unspecified atom stereocenters. The Kier molecular flexibility index (Phi) is 4.02. The van der Waals surface area contributed by atoms with Crippen LogP contribution in [0.1, 0.15) is 11.3 Å². The van der Waals surface area contributed by atoms with Gasteiger partial charge in [-0.1, -0.05) is 0 Å². The Balaban J connectivity index is 2.42. The van der Waals surface area contributed by atoms with Crippen molar-refractivity contribution < 1.29 is 21.6 Å². The maximum Gasteiger partial charge on any atom is 0.416 e. The third-order valence-electron chi connectivity index (χ3n) is 2.61. The van der Waals surface area contributed by atoms with Crippen molar-refractivity contribution in [3.05, 3.63) is 40.1 Å². The molecule has 2 rings (SSSR count). The van der Waals surface area contributed by atoms with Crippen LogP contribution in [0.3, 0.4) is 0 Å². The van der Waals surface area contributed by atoms with Crippen LogP contribution in [0.15, 0.2) is 33.8 Å². The number of nitrogens with one attached hydrogen (secondary N) is 2. The summed E-state index contributed by atoms with van der Waals surface area (Å²) < 4.78 is 64.5. The smallest absolute Gasteiger partial charge is 0.281 e. The van der Waals surface area contributed by atoms with E-state index in [0.29, 0.717) is 0 Å². The number of nitrogens with zero attached hydrogens (tertiary/aromatic N) is 1. The van der Waals surface area contributed by atoms with Gasteiger partial charge in [-0.25, -0.2) is 8.42 Å². The molecule has 0 amide bonds. The maximum atomic E-state index is 12.7. The first-order valence-electron chi connectivity index (χ1n) is 5.51. The number of sulfonamides is 1. The number of rotatable bonds is 3. The van der Waals surface area contributed by atoms with Crippen LogP contribution in [-0.2, 0) is 16.2 Å². The van der Waals surface area contributed by atoms with Crippen LogP contribution >= 0.6 is 15.9 Å². The zero-order chi connectivity index (χ0) is 15.8. The highest BCUT2D eigenvalue weighted by atomic mass is 79.9. The summed E-state index contributed by atoms with van der Waals surface area (Å²) in [5.41, 5.74) is -0.872. The summed E-state index contributed by atoms with van der Waals surface area (Å²) >= 11 is 3.01. The lowest BCUT2D eigenvalue weighted by Crippen LogP contribution is -2.15. The number of aromatic nitrogens is 2. The largest absolute Gasteiger partial charge is 0.416 e. The molecule has 0 aliphatic heterocycles. The van der Waals surface area contributed by atoms with E-state index in [-0.39, 0.29) is 20.7 Å². The van der Waals surface area contributed by atoms with E-state index in [1.165, 1.54) is 6.92 Å². The van der Waals surface area contributed by atoms with Gasteiger partial charge in [-0.3, -0.25) is 9.82 Å². The topological polar surface area (TPSA) is 74.8 Å². The number of benzene rings is 1. The number of alkyl halides is 3. The Morgan fingerprint density at radius 1 is 1.33 bits per heavy atom. The third kappa shape index (κ3) is 3.38. The van der Waals surface area contributed by atoms with Crippen LogP contribution in [0.25, 0.3) is 0 Å². The highest BCUT2D eigenvalue weighted by Gasteiger charge is 2.31. The molecule has 1 aromatic heterocycles. The molecular formula is C11H9BrF3N3O2S. The second kappa shape index (κ2) is 5.34. The summed E-state index contributed by atoms with van der Waals surface area (Å²) in [5.74, 6) is 0. The summed E-state index contributed by atoms with van der Waals surface area (Å²) in [5, 5.41) is 6.02. The van der Waals surface area contributed by atoms with E-state index in [1.807, 2.05) is 0 Å². The Hall–Kier alpha value is -1.55. The van der Waals surface area contributed by atoms with E-state index in [4.69, 9.17) is 0 Å². The molecule has 0 fully saturated rings. The first-order valence-corrected chi connectivity index (χ1v) is 7.78. The van der Waals surface area contributed by atoms with Crippen LogP contribution in [0.5, 0.6) is 0 Å². The van der Waals surface area contributed by atoms with Gasteiger partial charge >= 0.3 is 6.18 Å². The van der Waals surface area contributed by atoms with Gasteiger partial charge in [-0.15, -0.1) is 0 Å². The molecule has 1 heterocycles. The molecule has 0 spiro atoms. The van der Waals surface area contributed by atoms with E-state index in [2.05, 4.69) is 30.8 Å². The van der Waals surface area contributed by atoms with Crippen LogP contribution < -0.4 is 4.72 Å². The molecule has 0 aliphatic carbocycles. The van der Waals surface area contributed by atoms with Crippen molar-refractivity contribution in [1.29, 1.82) is 0 Å². The van der Waals surface area contributed by atoms with Crippen molar-refractivity contribution in [2.24, 2.45) is 0 Å². The fourth-order valence-electron chi connectivity index (χ4n) is 1.59. The number of aromatic amines is 1. The first kappa shape index (κ1) is 15.8. The molecule has 0 saturated heterocycles. The molecule has 0 atom stereocenters. The van der Waals surface area contributed by atoms with Crippen molar-refractivity contribution in [3.63, 3.8) is 0 Å². The second-order valence-corrected chi connectivity index (χ2v) is 6.66. The van der Waals surface area contributed by atoms with Gasteiger partial charge in [0, 0.05) is 4.47 Å². The Labute approximate surface area is 126 Å². The minimum Gasteiger partial charge on any atom is -0.281 e. The van der Waals surface area contributed by atoms with Gasteiger partial charge in [0.2, 0.25) is 0 Å². The molecule has 0 bridgehead atoms.